The van der Waals surface area contributed by atoms with Crippen LogP contribution in [0.3, 0.4) is 0 Å². The van der Waals surface area contributed by atoms with Gasteiger partial charge in [0.25, 0.3) is 0 Å². The molecule has 1 aliphatic heterocycles. The molecule has 0 unspecified atom stereocenters. The molecule has 7 heavy (non-hydrogen) atoms. The van der Waals surface area contributed by atoms with Crippen molar-refractivity contribution in [1.82, 2.24) is 0 Å². The van der Waals surface area contributed by atoms with Crippen molar-refractivity contribution in [2.75, 3.05) is 12.3 Å². The second-order valence-electron chi connectivity index (χ2n) is 0.821. The average Bonchev–Trinajstić information content (AvgIpc) is 2.23. The fourth-order valence-electron chi connectivity index (χ4n) is 0.228. The molecule has 0 amide bonds. The van der Waals surface area contributed by atoms with Gasteiger partial charge in [-0.2, -0.15) is 0 Å². The Hall–Kier alpha value is -0.310. The summed E-state index contributed by atoms with van der Waals surface area (Å²) in [6.45, 7) is 4.23. The first-order valence-electron chi connectivity index (χ1n) is 1.77. The summed E-state index contributed by atoms with van der Waals surface area (Å²) in [7, 11) is 0. The van der Waals surface area contributed by atoms with Crippen LogP contribution in [0.5, 0.6) is 0 Å². The molecule has 0 aromatic rings. The van der Waals surface area contributed by atoms with E-state index in [1.165, 1.54) is 0 Å². The zero-order valence-electron chi connectivity index (χ0n) is 3.76. The maximum atomic E-state index is 7.75. The van der Waals surface area contributed by atoms with E-state index in [4.69, 9.17) is 4.79 Å². The lowest BCUT2D eigenvalue weighted by atomic mass is 10.8. The first kappa shape index (κ1) is 6.69. The van der Waals surface area contributed by atoms with Gasteiger partial charge in [0.1, 0.15) is 5.55 Å². The highest BCUT2D eigenvalue weighted by Crippen LogP contribution is 1.99. The summed E-state index contributed by atoms with van der Waals surface area (Å²) in [5.74, 6) is 1.14. The zero-order valence-corrected chi connectivity index (χ0v) is 4.57. The number of nitrogens with zero attached hydrogens (tertiary/aromatic N) is 1. The Balaban J connectivity index is 0.000000162. The lowest BCUT2D eigenvalue weighted by Crippen LogP contribution is -1.69. The van der Waals surface area contributed by atoms with Crippen LogP contribution < -0.4 is 0 Å². The van der Waals surface area contributed by atoms with Crippen molar-refractivity contribution in [1.29, 1.82) is 0 Å². The Bertz CT molecular complexity index is 58.7. The fraction of sp³-hybridized carbons (Fsp3) is 0.500. The Morgan fingerprint density at radius 3 is 2.57 bits per heavy atom. The quantitative estimate of drug-likeness (QED) is 0.427. The minimum Gasteiger partial charge on any atom is -0.295 e. The van der Waals surface area contributed by atoms with Gasteiger partial charge < -0.3 is 0 Å². The number of carbonyl (C=O) groups excluding carboxylic acids is 1. The van der Waals surface area contributed by atoms with E-state index in [-0.39, 0.29) is 0 Å². The van der Waals surface area contributed by atoms with Crippen molar-refractivity contribution >= 4 is 24.1 Å². The van der Waals surface area contributed by atoms with E-state index in [0.29, 0.717) is 0 Å². The molecule has 0 atom stereocenters. The Labute approximate surface area is 47.0 Å². The highest BCUT2D eigenvalue weighted by Gasteiger charge is 1.87. The molecule has 1 rings (SSSR count). The van der Waals surface area contributed by atoms with E-state index in [1.807, 2.05) is 0 Å². The van der Waals surface area contributed by atoms with Gasteiger partial charge in [0.2, 0.25) is 0 Å². The van der Waals surface area contributed by atoms with E-state index in [0.717, 1.165) is 12.3 Å². The maximum absolute atomic E-state index is 7.75. The Morgan fingerprint density at radius 2 is 2.43 bits per heavy atom. The molecule has 0 saturated heterocycles. The van der Waals surface area contributed by atoms with Gasteiger partial charge in [0.05, 0.1) is 0 Å². The van der Waals surface area contributed by atoms with E-state index in [1.54, 1.807) is 11.8 Å². The molecular formula is C4H5NOS. The summed E-state index contributed by atoms with van der Waals surface area (Å²) < 4.78 is 0. The number of thioether (sulfide) groups is 1. The lowest BCUT2D eigenvalue weighted by molar-refractivity contribution is 0.574. The molecule has 3 heteroatoms. The van der Waals surface area contributed by atoms with Gasteiger partial charge in [0, 0.05) is 12.3 Å². The van der Waals surface area contributed by atoms with Crippen LogP contribution >= 0.6 is 11.8 Å². The molecule has 0 aromatic carbocycles. The molecule has 0 fully saturated rings. The predicted molar refractivity (Wildman–Crippen MR) is 31.5 cm³/mol. The van der Waals surface area contributed by atoms with Crippen LogP contribution in [0.2, 0.25) is 0 Å². The molecule has 2 nitrogen and oxygen atoms in total. The third kappa shape index (κ3) is 3.52. The molecule has 0 aromatic heterocycles. The third-order valence-electron chi connectivity index (χ3n) is 0.434. The summed E-state index contributed by atoms with van der Waals surface area (Å²) in [4.78, 5) is 11.5. The van der Waals surface area contributed by atoms with Crippen LogP contribution in [0.15, 0.2) is 4.99 Å². The summed E-state index contributed by atoms with van der Waals surface area (Å²) in [5.41, 5.74) is 2.76. The molecule has 38 valence electrons. The predicted octanol–water partition coefficient (Wildman–Crippen LogP) is 0.364. The summed E-state index contributed by atoms with van der Waals surface area (Å²) in [5, 5.41) is 0. The number of hydrogen-bond donors (Lipinski definition) is 0. The molecular weight excluding hydrogens is 110 g/mol. The summed E-state index contributed by atoms with van der Waals surface area (Å²) in [6.07, 6.45) is 0. The van der Waals surface area contributed by atoms with Gasteiger partial charge in [-0.1, -0.05) is 0 Å². The first-order valence-corrected chi connectivity index (χ1v) is 2.75. The van der Waals surface area contributed by atoms with Crippen LogP contribution in [-0.2, 0) is 4.79 Å². The smallest absolute Gasteiger partial charge is 0.182 e. The molecule has 1 heterocycles. The fourth-order valence-corrected chi connectivity index (χ4v) is 0.685. The SMILES string of the molecule is [CH]=O.[C]1=NCCS1. The molecule has 0 saturated carbocycles. The van der Waals surface area contributed by atoms with Crippen molar-refractivity contribution in [2.45, 2.75) is 0 Å². The van der Waals surface area contributed by atoms with Gasteiger partial charge >= 0.3 is 0 Å². The molecule has 1 aliphatic rings. The van der Waals surface area contributed by atoms with E-state index >= 15 is 0 Å². The second-order valence-corrected chi connectivity index (χ2v) is 1.70. The van der Waals surface area contributed by atoms with Gasteiger partial charge in [-0.3, -0.25) is 9.79 Å². The van der Waals surface area contributed by atoms with Crippen molar-refractivity contribution in [3.05, 3.63) is 0 Å². The number of rotatable bonds is 0. The van der Waals surface area contributed by atoms with Gasteiger partial charge in [-0.15, -0.1) is 11.8 Å². The van der Waals surface area contributed by atoms with Gasteiger partial charge in [0.15, 0.2) is 6.79 Å². The zero-order chi connectivity index (χ0) is 5.54. The van der Waals surface area contributed by atoms with Crippen molar-refractivity contribution in [2.24, 2.45) is 4.99 Å². The minimum atomic E-state index is 0.977. The minimum absolute atomic E-state index is 0.977. The monoisotopic (exact) mass is 115 g/mol. The maximum Gasteiger partial charge on any atom is 0.182 e. The largest absolute Gasteiger partial charge is 0.295 e. The number of hydrogen-bond acceptors (Lipinski definition) is 3. The van der Waals surface area contributed by atoms with Crippen LogP contribution in [0.4, 0.5) is 0 Å². The van der Waals surface area contributed by atoms with E-state index in [2.05, 4.69) is 17.3 Å². The van der Waals surface area contributed by atoms with Gasteiger partial charge in [-0.05, 0) is 0 Å². The lowest BCUT2D eigenvalue weighted by Gasteiger charge is -1.66. The Kier molecular flexibility index (Phi) is 5.44. The molecule has 0 aliphatic carbocycles. The normalized spacial score (nSPS) is 15.4. The van der Waals surface area contributed by atoms with E-state index in [9.17, 15) is 0 Å². The standard InChI is InChI=1S/C3H4NS.CHO/c1-2-5-3-4-1;1-2/h1-2H2;1H. The summed E-state index contributed by atoms with van der Waals surface area (Å²) >= 11 is 1.66. The molecule has 0 bridgehead atoms. The highest BCUT2D eigenvalue weighted by molar-refractivity contribution is 8.12. The van der Waals surface area contributed by atoms with Gasteiger partial charge in [-0.25, -0.2) is 0 Å². The molecule has 2 radical (unpaired) electrons. The average molecular weight is 115 g/mol. The van der Waals surface area contributed by atoms with Crippen LogP contribution in [-0.4, -0.2) is 24.6 Å². The molecule has 0 spiro atoms. The van der Waals surface area contributed by atoms with Crippen molar-refractivity contribution < 1.29 is 4.79 Å². The Morgan fingerprint density at radius 1 is 1.71 bits per heavy atom. The number of aliphatic imine (C=N–C) groups is 1. The van der Waals surface area contributed by atoms with Crippen molar-refractivity contribution in [3.8, 4) is 0 Å². The van der Waals surface area contributed by atoms with Crippen LogP contribution in [0.25, 0.3) is 0 Å². The first-order chi connectivity index (χ1) is 3.50. The third-order valence-corrected chi connectivity index (χ3v) is 1.08. The highest BCUT2D eigenvalue weighted by atomic mass is 32.2. The van der Waals surface area contributed by atoms with Crippen LogP contribution in [0.1, 0.15) is 0 Å². The topological polar surface area (TPSA) is 29.4 Å². The van der Waals surface area contributed by atoms with E-state index < -0.39 is 0 Å². The van der Waals surface area contributed by atoms with Crippen LogP contribution in [0, 0.1) is 0 Å². The molecule has 0 N–H and O–H groups in total. The van der Waals surface area contributed by atoms with Crippen molar-refractivity contribution in [3.63, 3.8) is 0 Å². The second kappa shape index (κ2) is 5.69. The summed E-state index contributed by atoms with van der Waals surface area (Å²) in [6, 6.07) is 0.